The quantitative estimate of drug-likeness (QED) is 0.0154. The molecule has 0 radical (unpaired) electrons. The molecule has 3 atom stereocenters. The van der Waals surface area contributed by atoms with Gasteiger partial charge in [-0.15, -0.1) is 0 Å². The lowest BCUT2D eigenvalue weighted by Crippen LogP contribution is -2.36. The topological polar surface area (TPSA) is 305 Å². The Hall–Kier alpha value is -5.96. The molecule has 0 bridgehead atoms. The van der Waals surface area contributed by atoms with E-state index in [4.69, 9.17) is 60.1 Å². The molecule has 0 aromatic heterocycles. The van der Waals surface area contributed by atoms with Crippen molar-refractivity contribution in [2.75, 3.05) is 22.2 Å². The summed E-state index contributed by atoms with van der Waals surface area (Å²) in [7, 11) is -8.89. The number of azo groups is 1. The maximum Gasteiger partial charge on any atom is 0.316 e. The first-order chi connectivity index (χ1) is 36.4. The molecule has 2 amide bonds. The molecule has 1 aliphatic heterocycles. The number of aryl methyl sites for hydroxylation is 1. The van der Waals surface area contributed by atoms with Crippen molar-refractivity contribution in [2.45, 2.75) is 106 Å². The number of methoxy groups -OCH3 is 1. The van der Waals surface area contributed by atoms with Crippen LogP contribution in [-0.2, 0) is 41.1 Å². The molecule has 1 saturated heterocycles. The van der Waals surface area contributed by atoms with Gasteiger partial charge in [0.25, 0.3) is 32.1 Å². The van der Waals surface area contributed by atoms with Crippen molar-refractivity contribution in [3.63, 3.8) is 0 Å². The van der Waals surface area contributed by atoms with Crippen molar-refractivity contribution < 1.29 is 63.6 Å². The number of nitrogens with zero attached hydrogens (tertiary/aromatic N) is 4. The number of carbonyl (C=O) groups is 2. The summed E-state index contributed by atoms with van der Waals surface area (Å²) in [6.45, 7) is 3.91. The van der Waals surface area contributed by atoms with Gasteiger partial charge >= 0.3 is 11.3 Å². The van der Waals surface area contributed by atoms with Gasteiger partial charge in [-0.3, -0.25) is 28.8 Å². The Labute approximate surface area is 467 Å². The fourth-order valence-electron chi connectivity index (χ4n) is 7.63. The minimum atomic E-state index is -5.04. The number of aromatic hydroxyl groups is 2. The van der Waals surface area contributed by atoms with Crippen LogP contribution in [0.4, 0.5) is 28.4 Å². The van der Waals surface area contributed by atoms with Crippen LogP contribution in [0.3, 0.4) is 0 Å². The fraction of sp³-hybridized carbons (Fsp3) is 0.327. The van der Waals surface area contributed by atoms with E-state index in [2.05, 4.69) is 37.6 Å². The molecule has 3 unspecified atom stereocenters. The maximum absolute atomic E-state index is 14.3. The monoisotopic (exact) mass is 1200 g/mol. The Balaban J connectivity index is 1.26. The highest BCUT2D eigenvalue weighted by atomic mass is 35.5. The number of amidine groups is 1. The van der Waals surface area contributed by atoms with E-state index in [1.807, 2.05) is 0 Å². The largest absolute Gasteiger partial charge is 0.508 e. The second-order valence-corrected chi connectivity index (χ2v) is 22.7. The third kappa shape index (κ3) is 16.8. The number of anilines is 3. The smallest absolute Gasteiger partial charge is 0.316 e. The molecule has 77 heavy (non-hydrogen) atoms. The molecule has 5 aromatic rings. The van der Waals surface area contributed by atoms with Gasteiger partial charge in [0.05, 0.1) is 43.3 Å². The molecule has 28 heteroatoms. The van der Waals surface area contributed by atoms with Gasteiger partial charge in [0.1, 0.15) is 40.1 Å². The molecule has 21 nitrogen and oxygen atoms in total. The van der Waals surface area contributed by atoms with Gasteiger partial charge in [-0.2, -0.15) is 31.3 Å². The SMILES string of the molecule is CCCCCCCCCCCCC(Oc1ccc(O)c(C)c1)C(=O)Nc1ccc(Cl)c(N=C2NN(c3c(Cl)cc(Cl)cc3Cl)C(=O)C2N=Nc2cc(OC)c(NS(=O)Oc3cc(S(=O)(=O)O)cc(S(=O)(=O)O)c3)cc2O)c1. The number of halogens is 4. The number of amides is 2. The van der Waals surface area contributed by atoms with Gasteiger partial charge in [0.2, 0.25) is 6.04 Å². The number of hydrazine groups is 1. The van der Waals surface area contributed by atoms with E-state index < -0.39 is 76.8 Å². The van der Waals surface area contributed by atoms with Crippen LogP contribution in [0.15, 0.2) is 104 Å². The Morgan fingerprint density at radius 3 is 2.00 bits per heavy atom. The summed E-state index contributed by atoms with van der Waals surface area (Å²) in [5, 5.41) is 33.5. The van der Waals surface area contributed by atoms with Crippen molar-refractivity contribution in [2.24, 2.45) is 15.2 Å². The third-order valence-electron chi connectivity index (χ3n) is 11.6. The van der Waals surface area contributed by atoms with Crippen LogP contribution in [0.25, 0.3) is 0 Å². The normalized spacial score (nSPS) is 15.1. The average Bonchev–Trinajstić information content (AvgIpc) is 3.67. The van der Waals surface area contributed by atoms with Crippen LogP contribution in [0.2, 0.25) is 20.1 Å². The second kappa shape index (κ2) is 27.1. The second-order valence-electron chi connectivity index (χ2n) is 17.4. The van der Waals surface area contributed by atoms with Crippen molar-refractivity contribution in [1.82, 2.24) is 5.43 Å². The van der Waals surface area contributed by atoms with E-state index in [0.29, 0.717) is 42.4 Å². The number of rotatable bonds is 26. The third-order valence-corrected chi connectivity index (χ3v) is 15.1. The Bertz CT molecular complexity index is 3250. The molecule has 7 N–H and O–H groups in total. The molecule has 5 aromatic carbocycles. The van der Waals surface area contributed by atoms with E-state index >= 15 is 0 Å². The lowest BCUT2D eigenvalue weighted by Gasteiger charge is -2.20. The summed E-state index contributed by atoms with van der Waals surface area (Å²) >= 11 is 23.2. The summed E-state index contributed by atoms with van der Waals surface area (Å²) in [6.07, 6.45) is 10.5. The van der Waals surface area contributed by atoms with Crippen molar-refractivity contribution >= 4 is 124 Å². The first-order valence-corrected chi connectivity index (χ1v) is 29.1. The summed E-state index contributed by atoms with van der Waals surface area (Å²) < 4.78 is 98.2. The van der Waals surface area contributed by atoms with Gasteiger partial charge in [-0.1, -0.05) is 111 Å². The minimum Gasteiger partial charge on any atom is -0.508 e. The molecular formula is C49H53Cl4N7O14S3. The highest BCUT2D eigenvalue weighted by Crippen LogP contribution is 2.41. The van der Waals surface area contributed by atoms with Gasteiger partial charge < -0.3 is 29.2 Å². The zero-order valence-corrected chi connectivity index (χ0v) is 46.8. The van der Waals surface area contributed by atoms with Crippen molar-refractivity contribution in [3.8, 4) is 28.7 Å². The molecule has 0 spiro atoms. The number of hydrogen-bond donors (Lipinski definition) is 7. The summed E-state index contributed by atoms with van der Waals surface area (Å²) in [4.78, 5) is 30.9. The number of phenolic OH excluding ortho intramolecular Hbond substituents is 2. The van der Waals surface area contributed by atoms with E-state index in [9.17, 15) is 50.0 Å². The van der Waals surface area contributed by atoms with E-state index in [-0.39, 0.29) is 65.9 Å². The van der Waals surface area contributed by atoms with E-state index in [1.54, 1.807) is 25.1 Å². The number of carbonyl (C=O) groups excluding carboxylic acids is 2. The van der Waals surface area contributed by atoms with E-state index in [1.165, 1.54) is 69.5 Å². The lowest BCUT2D eigenvalue weighted by molar-refractivity contribution is -0.123. The number of hydrogen-bond acceptors (Lipinski definition) is 15. The highest BCUT2D eigenvalue weighted by Gasteiger charge is 2.41. The van der Waals surface area contributed by atoms with Gasteiger partial charge in [-0.05, 0) is 79.9 Å². The number of phenols is 2. The number of ether oxygens (including phenoxy) is 2. The van der Waals surface area contributed by atoms with Crippen LogP contribution in [0.1, 0.15) is 83.1 Å². The Kier molecular flexibility index (Phi) is 21.2. The Morgan fingerprint density at radius 2 is 1.40 bits per heavy atom. The summed E-state index contributed by atoms with van der Waals surface area (Å²) in [6, 6.07) is 14.0. The van der Waals surface area contributed by atoms with Crippen molar-refractivity contribution in [1.29, 1.82) is 0 Å². The van der Waals surface area contributed by atoms with Crippen LogP contribution in [0, 0.1) is 6.92 Å². The first kappa shape index (κ1) is 60.3. The maximum atomic E-state index is 14.3. The lowest BCUT2D eigenvalue weighted by atomic mass is 10.0. The minimum absolute atomic E-state index is 0.0356. The Morgan fingerprint density at radius 1 is 0.779 bits per heavy atom. The summed E-state index contributed by atoms with van der Waals surface area (Å²) in [5.74, 6) is -2.52. The van der Waals surface area contributed by atoms with Gasteiger partial charge in [0.15, 0.2) is 11.9 Å². The predicted molar refractivity (Wildman–Crippen MR) is 294 cm³/mol. The van der Waals surface area contributed by atoms with Crippen LogP contribution in [-0.4, -0.2) is 77.3 Å². The molecule has 1 heterocycles. The fourth-order valence-corrected chi connectivity index (χ4v) is 10.6. The van der Waals surface area contributed by atoms with Crippen LogP contribution >= 0.6 is 46.4 Å². The van der Waals surface area contributed by atoms with Crippen LogP contribution in [0.5, 0.6) is 28.7 Å². The predicted octanol–water partition coefficient (Wildman–Crippen LogP) is 12.0. The molecule has 6 rings (SSSR count). The highest BCUT2D eigenvalue weighted by molar-refractivity contribution is 7.86. The molecular weight excluding hydrogens is 1150 g/mol. The average molecular weight is 1200 g/mol. The van der Waals surface area contributed by atoms with Gasteiger partial charge in [-0.25, -0.2) is 10.0 Å². The molecule has 1 fully saturated rings. The first-order valence-electron chi connectivity index (χ1n) is 23.6. The number of unbranched alkanes of at least 4 members (excludes halogenated alkanes) is 9. The zero-order valence-electron chi connectivity index (χ0n) is 41.3. The van der Waals surface area contributed by atoms with E-state index in [0.717, 1.165) is 42.8 Å². The van der Waals surface area contributed by atoms with Crippen molar-refractivity contribution in [3.05, 3.63) is 105 Å². The standard InChI is InChI=1S/C49H53Cl4N7O14S3/c1-4-5-6-7-8-9-10-11-12-13-14-43(73-31-16-18-41(61)28(2)19-31)48(63)54-30-15-17-35(51)38(22-30)55-47-45(49(64)60(58-47)46-36(52)20-29(50)21-37(46)53)57-56-39-27-44(72-3)40(26-42(39)62)59-75(65)74-32-23-33(76(66,67)68)25-34(24-32)77(69,70)71/h15-27,43,45,59,61-62H,4-14H2,1-3H3,(H,54,63)(H,55,58)(H,66,67,68)(H,69,70,71). The molecule has 0 aliphatic carbocycles. The number of nitrogens with one attached hydrogen (secondary N) is 3. The molecule has 1 aliphatic rings. The zero-order chi connectivity index (χ0) is 56.2. The molecule has 414 valence electrons. The van der Waals surface area contributed by atoms with Crippen LogP contribution < -0.4 is 34.1 Å². The van der Waals surface area contributed by atoms with Gasteiger partial charge in [0, 0.05) is 35.0 Å². The molecule has 0 saturated carbocycles. The number of aliphatic imine (C=N–C) groups is 1. The number of benzene rings is 5. The summed E-state index contributed by atoms with van der Waals surface area (Å²) in [5.41, 5.74) is 3.14.